The summed E-state index contributed by atoms with van der Waals surface area (Å²) in [5.41, 5.74) is 0. The Kier molecular flexibility index (Phi) is 45.4. The lowest BCUT2D eigenvalue weighted by atomic mass is 10.1. The van der Waals surface area contributed by atoms with E-state index in [9.17, 15) is 14.4 Å². The van der Waals surface area contributed by atoms with Crippen molar-refractivity contribution in [3.05, 3.63) is 36.5 Å². The van der Waals surface area contributed by atoms with Crippen molar-refractivity contribution in [2.24, 2.45) is 0 Å². The van der Waals surface area contributed by atoms with Crippen LogP contribution in [0.4, 0.5) is 0 Å². The Bertz CT molecular complexity index is 984. The number of unbranched alkanes of at least 4 members (excludes halogenated alkanes) is 28. The molecule has 0 aromatic heterocycles. The van der Waals surface area contributed by atoms with E-state index in [4.69, 9.17) is 14.2 Å². The van der Waals surface area contributed by atoms with Crippen LogP contribution in [0.1, 0.15) is 258 Å². The average Bonchev–Trinajstić information content (AvgIpc) is 3.22. The van der Waals surface area contributed by atoms with Gasteiger partial charge in [0.2, 0.25) is 0 Å². The van der Waals surface area contributed by atoms with Crippen LogP contribution in [-0.4, -0.2) is 37.2 Å². The van der Waals surface area contributed by atoms with Crippen LogP contribution in [0.25, 0.3) is 0 Å². The molecule has 6 heteroatoms. The summed E-state index contributed by atoms with van der Waals surface area (Å²) in [6.45, 7) is 6.56. The number of carbonyl (C=O) groups excluding carboxylic acids is 3. The molecule has 0 heterocycles. The summed E-state index contributed by atoms with van der Waals surface area (Å²) in [4.78, 5) is 37.7. The Hall–Kier alpha value is -2.37. The Morgan fingerprint density at radius 2 is 0.638 bits per heavy atom. The molecule has 0 amide bonds. The van der Waals surface area contributed by atoms with E-state index in [1.165, 1.54) is 141 Å². The van der Waals surface area contributed by atoms with Gasteiger partial charge in [-0.1, -0.05) is 205 Å². The Morgan fingerprint density at radius 1 is 0.345 bits per heavy atom. The molecule has 58 heavy (non-hydrogen) atoms. The van der Waals surface area contributed by atoms with Crippen molar-refractivity contribution in [3.63, 3.8) is 0 Å². The lowest BCUT2D eigenvalue weighted by Crippen LogP contribution is -2.30. The van der Waals surface area contributed by atoms with E-state index in [0.29, 0.717) is 19.3 Å². The molecule has 0 aliphatic heterocycles. The van der Waals surface area contributed by atoms with Crippen molar-refractivity contribution in [1.29, 1.82) is 0 Å². The predicted molar refractivity (Wildman–Crippen MR) is 247 cm³/mol. The van der Waals surface area contributed by atoms with Crippen LogP contribution in [0.15, 0.2) is 36.5 Å². The van der Waals surface area contributed by atoms with Gasteiger partial charge in [-0.15, -0.1) is 0 Å². The van der Waals surface area contributed by atoms with Crippen LogP contribution in [0.2, 0.25) is 0 Å². The summed E-state index contributed by atoms with van der Waals surface area (Å²) < 4.78 is 16.7. The van der Waals surface area contributed by atoms with Crippen LogP contribution in [0.5, 0.6) is 0 Å². The highest BCUT2D eigenvalue weighted by molar-refractivity contribution is 5.71. The monoisotopic (exact) mass is 815 g/mol. The topological polar surface area (TPSA) is 78.9 Å². The molecule has 0 rings (SSSR count). The van der Waals surface area contributed by atoms with Gasteiger partial charge in [0.1, 0.15) is 13.2 Å². The van der Waals surface area contributed by atoms with Crippen LogP contribution in [0, 0.1) is 0 Å². The van der Waals surface area contributed by atoms with Crippen molar-refractivity contribution < 1.29 is 28.6 Å². The summed E-state index contributed by atoms with van der Waals surface area (Å²) >= 11 is 0. The summed E-state index contributed by atoms with van der Waals surface area (Å²) in [7, 11) is 0. The average molecular weight is 815 g/mol. The first kappa shape index (κ1) is 55.6. The summed E-state index contributed by atoms with van der Waals surface area (Å²) in [6, 6.07) is 0. The summed E-state index contributed by atoms with van der Waals surface area (Å²) in [5, 5.41) is 0. The van der Waals surface area contributed by atoms with Crippen molar-refractivity contribution in [1.82, 2.24) is 0 Å². The fourth-order valence-corrected chi connectivity index (χ4v) is 7.04. The summed E-state index contributed by atoms with van der Waals surface area (Å²) in [6.07, 6.45) is 54.2. The minimum absolute atomic E-state index is 0.0751. The van der Waals surface area contributed by atoms with Gasteiger partial charge in [0.05, 0.1) is 0 Å². The SMILES string of the molecule is CCCC/C=C\CCCCCCCC(=O)OC(COC(=O)CCCCCCCCCC)COC(=O)CCCCCCCCCCC/C=C\C/C=C\CCCCCCC. The minimum atomic E-state index is -0.772. The first-order chi connectivity index (χ1) is 28.5. The molecule has 0 fully saturated rings. The number of ether oxygens (including phenoxy) is 3. The molecule has 0 aliphatic carbocycles. The highest BCUT2D eigenvalue weighted by atomic mass is 16.6. The van der Waals surface area contributed by atoms with E-state index in [2.05, 4.69) is 57.2 Å². The molecular formula is C52H94O6. The van der Waals surface area contributed by atoms with E-state index in [1.54, 1.807) is 0 Å². The maximum atomic E-state index is 12.7. The third kappa shape index (κ3) is 44.7. The number of hydrogen-bond acceptors (Lipinski definition) is 6. The second kappa shape index (κ2) is 47.3. The number of esters is 3. The predicted octanol–water partition coefficient (Wildman–Crippen LogP) is 16.1. The maximum Gasteiger partial charge on any atom is 0.306 e. The van der Waals surface area contributed by atoms with Gasteiger partial charge in [-0.3, -0.25) is 14.4 Å². The zero-order valence-corrected chi connectivity index (χ0v) is 38.6. The van der Waals surface area contributed by atoms with Gasteiger partial charge in [-0.05, 0) is 70.6 Å². The molecule has 0 N–H and O–H groups in total. The normalized spacial score (nSPS) is 12.3. The number of allylic oxidation sites excluding steroid dienone is 6. The fourth-order valence-electron chi connectivity index (χ4n) is 7.04. The van der Waals surface area contributed by atoms with E-state index >= 15 is 0 Å². The molecule has 0 aromatic rings. The smallest absolute Gasteiger partial charge is 0.306 e. The van der Waals surface area contributed by atoms with Gasteiger partial charge in [-0.2, -0.15) is 0 Å². The van der Waals surface area contributed by atoms with E-state index < -0.39 is 6.10 Å². The number of rotatable bonds is 45. The van der Waals surface area contributed by atoms with E-state index in [0.717, 1.165) is 77.0 Å². The lowest BCUT2D eigenvalue weighted by molar-refractivity contribution is -0.167. The van der Waals surface area contributed by atoms with Crippen molar-refractivity contribution >= 4 is 17.9 Å². The van der Waals surface area contributed by atoms with Gasteiger partial charge in [0, 0.05) is 19.3 Å². The van der Waals surface area contributed by atoms with Gasteiger partial charge < -0.3 is 14.2 Å². The van der Waals surface area contributed by atoms with E-state index in [-0.39, 0.29) is 31.1 Å². The second-order valence-corrected chi connectivity index (χ2v) is 16.7. The fraction of sp³-hybridized carbons (Fsp3) is 0.827. The highest BCUT2D eigenvalue weighted by Gasteiger charge is 2.19. The Morgan fingerprint density at radius 3 is 1.02 bits per heavy atom. The molecule has 0 saturated carbocycles. The zero-order chi connectivity index (χ0) is 42.3. The zero-order valence-electron chi connectivity index (χ0n) is 38.6. The molecule has 0 aliphatic rings. The Balaban J connectivity index is 4.21. The first-order valence-electron chi connectivity index (χ1n) is 25.0. The third-order valence-corrected chi connectivity index (χ3v) is 10.9. The molecule has 0 saturated heterocycles. The molecule has 1 unspecified atom stereocenters. The molecule has 338 valence electrons. The van der Waals surface area contributed by atoms with Crippen LogP contribution in [-0.2, 0) is 28.6 Å². The van der Waals surface area contributed by atoms with Crippen molar-refractivity contribution in [2.75, 3.05) is 13.2 Å². The molecule has 1 atom stereocenters. The molecule has 0 spiro atoms. The quantitative estimate of drug-likeness (QED) is 0.0264. The Labute approximate surface area is 359 Å². The standard InChI is InChI=1S/C52H94O6/c1-4-7-10-13-16-19-21-22-23-24-25-26-27-28-29-30-32-33-36-39-42-45-51(54)57-48-49(47-56-50(53)44-41-38-35-18-15-12-9-6-3)58-52(55)46-43-40-37-34-31-20-17-14-11-8-5-2/h14,17,21-22,24-25,49H,4-13,15-16,18-20,23,26-48H2,1-3H3/b17-14-,22-21-,25-24-. The van der Waals surface area contributed by atoms with Gasteiger partial charge >= 0.3 is 17.9 Å². The maximum absolute atomic E-state index is 12.7. The second-order valence-electron chi connectivity index (χ2n) is 16.7. The van der Waals surface area contributed by atoms with E-state index in [1.807, 2.05) is 0 Å². The van der Waals surface area contributed by atoms with Crippen LogP contribution < -0.4 is 0 Å². The van der Waals surface area contributed by atoms with Crippen LogP contribution in [0.3, 0.4) is 0 Å². The van der Waals surface area contributed by atoms with Gasteiger partial charge in [-0.25, -0.2) is 0 Å². The summed E-state index contributed by atoms with van der Waals surface area (Å²) in [5.74, 6) is -0.888. The molecule has 0 bridgehead atoms. The van der Waals surface area contributed by atoms with Crippen molar-refractivity contribution in [3.8, 4) is 0 Å². The molecule has 0 aromatic carbocycles. The molecule has 6 nitrogen and oxygen atoms in total. The molecular weight excluding hydrogens is 721 g/mol. The first-order valence-corrected chi connectivity index (χ1v) is 25.0. The number of hydrogen-bond donors (Lipinski definition) is 0. The minimum Gasteiger partial charge on any atom is -0.462 e. The number of carbonyl (C=O) groups is 3. The molecule has 0 radical (unpaired) electrons. The van der Waals surface area contributed by atoms with Gasteiger partial charge in [0.15, 0.2) is 6.10 Å². The van der Waals surface area contributed by atoms with Gasteiger partial charge in [0.25, 0.3) is 0 Å². The van der Waals surface area contributed by atoms with Crippen LogP contribution >= 0.6 is 0 Å². The largest absolute Gasteiger partial charge is 0.462 e. The van der Waals surface area contributed by atoms with Crippen molar-refractivity contribution in [2.45, 2.75) is 264 Å². The third-order valence-electron chi connectivity index (χ3n) is 10.9. The lowest BCUT2D eigenvalue weighted by Gasteiger charge is -2.18. The highest BCUT2D eigenvalue weighted by Crippen LogP contribution is 2.15.